The summed E-state index contributed by atoms with van der Waals surface area (Å²) in [5.41, 5.74) is 11.6. The van der Waals surface area contributed by atoms with Crippen LogP contribution in [0.2, 0.25) is 0 Å². The first kappa shape index (κ1) is 20.3. The summed E-state index contributed by atoms with van der Waals surface area (Å²) >= 11 is 0. The number of hydrogen-bond acceptors (Lipinski definition) is 4. The fraction of sp³-hybridized carbons (Fsp3) is 0.739. The van der Waals surface area contributed by atoms with Gasteiger partial charge in [0.1, 0.15) is 0 Å². The highest BCUT2D eigenvalue weighted by molar-refractivity contribution is 5.35. The second-order valence-electron chi connectivity index (χ2n) is 8.83. The lowest BCUT2D eigenvalue weighted by atomic mass is 9.76. The van der Waals surface area contributed by atoms with Crippen molar-refractivity contribution in [2.24, 2.45) is 23.5 Å². The molecule has 0 saturated heterocycles. The monoisotopic (exact) mass is 374 g/mol. The van der Waals surface area contributed by atoms with E-state index in [4.69, 9.17) is 15.5 Å². The number of rotatable bonds is 5. The fourth-order valence-corrected chi connectivity index (χ4v) is 5.35. The number of hydrogen-bond donors (Lipinski definition) is 1. The van der Waals surface area contributed by atoms with Crippen molar-refractivity contribution >= 4 is 0 Å². The van der Waals surface area contributed by atoms with Crippen molar-refractivity contribution in [3.05, 3.63) is 34.4 Å². The molecule has 4 heteroatoms. The molecule has 1 saturated carbocycles. The quantitative estimate of drug-likeness (QED) is 0.525. The lowest BCUT2D eigenvalue weighted by molar-refractivity contribution is -0.243. The predicted molar refractivity (Wildman–Crippen MR) is 110 cm³/mol. The Morgan fingerprint density at radius 3 is 2.48 bits per heavy atom. The van der Waals surface area contributed by atoms with E-state index in [1.165, 1.54) is 43.4 Å². The molecule has 3 atom stereocenters. The standard InChI is InChI=1S/C23H38N2O2/c1-15-13-21(24)17(3)16(2)20(15)14-19-11-12-22(27-26-5)23(25(19)4)18-9-7-6-8-10-18/h13,16-19H,6-12,14,24H2,1-5H3. The Kier molecular flexibility index (Phi) is 6.56. The summed E-state index contributed by atoms with van der Waals surface area (Å²) in [5, 5.41) is 0. The third-order valence-electron chi connectivity index (χ3n) is 7.26. The predicted octanol–water partition coefficient (Wildman–Crippen LogP) is 5.29. The molecule has 0 amide bonds. The average Bonchev–Trinajstić information content (AvgIpc) is 2.66. The van der Waals surface area contributed by atoms with Gasteiger partial charge < -0.3 is 15.5 Å². The zero-order valence-corrected chi connectivity index (χ0v) is 17.9. The second-order valence-corrected chi connectivity index (χ2v) is 8.83. The first-order valence-corrected chi connectivity index (χ1v) is 10.8. The molecule has 27 heavy (non-hydrogen) atoms. The molecule has 1 aliphatic heterocycles. The first-order chi connectivity index (χ1) is 12.9. The summed E-state index contributed by atoms with van der Waals surface area (Å²) in [6.45, 7) is 6.82. The molecule has 2 aliphatic carbocycles. The summed E-state index contributed by atoms with van der Waals surface area (Å²) in [6, 6.07) is 0.526. The molecule has 2 N–H and O–H groups in total. The van der Waals surface area contributed by atoms with Crippen molar-refractivity contribution in [1.82, 2.24) is 4.90 Å². The summed E-state index contributed by atoms with van der Waals surface area (Å²) in [6.07, 6.45) is 12.0. The summed E-state index contributed by atoms with van der Waals surface area (Å²) in [7, 11) is 3.89. The van der Waals surface area contributed by atoms with Crippen LogP contribution in [0.15, 0.2) is 34.4 Å². The Labute approximate surface area is 165 Å². The smallest absolute Gasteiger partial charge is 0.161 e. The number of nitrogens with zero attached hydrogens (tertiary/aromatic N) is 1. The van der Waals surface area contributed by atoms with Crippen LogP contribution in [0, 0.1) is 17.8 Å². The Balaban J connectivity index is 1.83. The van der Waals surface area contributed by atoms with Gasteiger partial charge in [0.25, 0.3) is 0 Å². The van der Waals surface area contributed by atoms with Crippen LogP contribution in [0.3, 0.4) is 0 Å². The van der Waals surface area contributed by atoms with E-state index in [9.17, 15) is 0 Å². The van der Waals surface area contributed by atoms with E-state index in [2.05, 4.69) is 38.8 Å². The molecule has 152 valence electrons. The van der Waals surface area contributed by atoms with Gasteiger partial charge in [0, 0.05) is 37.0 Å². The van der Waals surface area contributed by atoms with E-state index in [-0.39, 0.29) is 0 Å². The lowest BCUT2D eigenvalue weighted by Gasteiger charge is -2.43. The highest BCUT2D eigenvalue weighted by Crippen LogP contribution is 2.42. The molecule has 0 aromatic heterocycles. The van der Waals surface area contributed by atoms with Gasteiger partial charge in [-0.3, -0.25) is 0 Å². The zero-order valence-electron chi connectivity index (χ0n) is 17.9. The molecule has 1 fully saturated rings. The maximum absolute atomic E-state index is 6.23. The minimum atomic E-state index is 0.429. The van der Waals surface area contributed by atoms with Crippen molar-refractivity contribution in [1.29, 1.82) is 0 Å². The minimum absolute atomic E-state index is 0.429. The Morgan fingerprint density at radius 2 is 1.81 bits per heavy atom. The van der Waals surface area contributed by atoms with Crippen LogP contribution < -0.4 is 5.73 Å². The molecule has 0 spiro atoms. The summed E-state index contributed by atoms with van der Waals surface area (Å²) in [4.78, 5) is 13.2. The van der Waals surface area contributed by atoms with Crippen LogP contribution in [0.4, 0.5) is 0 Å². The average molecular weight is 375 g/mol. The molecule has 0 aromatic carbocycles. The third-order valence-corrected chi connectivity index (χ3v) is 7.26. The number of nitrogens with two attached hydrogens (primary N) is 1. The maximum atomic E-state index is 6.23. The fourth-order valence-electron chi connectivity index (χ4n) is 5.35. The van der Waals surface area contributed by atoms with Crippen LogP contribution in [0.25, 0.3) is 0 Å². The molecule has 3 aliphatic rings. The minimum Gasteiger partial charge on any atom is -0.402 e. The molecular weight excluding hydrogens is 336 g/mol. The topological polar surface area (TPSA) is 47.7 Å². The SMILES string of the molecule is COOC1=C(C2CCCCC2)N(C)C(CC2=C(C)C=C(N)C(C)C2C)CC1. The van der Waals surface area contributed by atoms with Gasteiger partial charge in [0.2, 0.25) is 0 Å². The molecule has 0 aromatic rings. The van der Waals surface area contributed by atoms with E-state index in [0.29, 0.717) is 23.8 Å². The maximum Gasteiger partial charge on any atom is 0.161 e. The van der Waals surface area contributed by atoms with Crippen LogP contribution in [-0.4, -0.2) is 25.1 Å². The highest BCUT2D eigenvalue weighted by atomic mass is 17.2. The molecule has 0 bridgehead atoms. The van der Waals surface area contributed by atoms with Crippen molar-refractivity contribution in [2.75, 3.05) is 14.2 Å². The van der Waals surface area contributed by atoms with Gasteiger partial charge in [-0.2, -0.15) is 4.89 Å². The highest BCUT2D eigenvalue weighted by Gasteiger charge is 2.35. The van der Waals surface area contributed by atoms with E-state index in [0.717, 1.165) is 30.7 Å². The van der Waals surface area contributed by atoms with Crippen molar-refractivity contribution in [2.45, 2.75) is 78.2 Å². The third kappa shape index (κ3) is 4.21. The van der Waals surface area contributed by atoms with Gasteiger partial charge in [-0.1, -0.05) is 38.7 Å². The van der Waals surface area contributed by atoms with Crippen molar-refractivity contribution < 1.29 is 9.78 Å². The Hall–Kier alpha value is -1.42. The molecule has 4 nitrogen and oxygen atoms in total. The molecule has 3 unspecified atom stereocenters. The normalized spacial score (nSPS) is 30.6. The van der Waals surface area contributed by atoms with Crippen LogP contribution in [-0.2, 0) is 9.78 Å². The number of allylic oxidation sites excluding steroid dienone is 5. The molecule has 1 heterocycles. The van der Waals surface area contributed by atoms with Gasteiger partial charge in [0.15, 0.2) is 5.76 Å². The van der Waals surface area contributed by atoms with Gasteiger partial charge in [-0.15, -0.1) is 0 Å². The van der Waals surface area contributed by atoms with E-state index in [1.807, 2.05) is 0 Å². The summed E-state index contributed by atoms with van der Waals surface area (Å²) in [5.74, 6) is 2.62. The molecule has 0 radical (unpaired) electrons. The lowest BCUT2D eigenvalue weighted by Crippen LogP contribution is -2.40. The van der Waals surface area contributed by atoms with Crippen LogP contribution in [0.5, 0.6) is 0 Å². The van der Waals surface area contributed by atoms with Crippen molar-refractivity contribution in [3.63, 3.8) is 0 Å². The molecular formula is C23H38N2O2. The van der Waals surface area contributed by atoms with E-state index >= 15 is 0 Å². The van der Waals surface area contributed by atoms with E-state index in [1.54, 1.807) is 12.7 Å². The van der Waals surface area contributed by atoms with Gasteiger partial charge >= 0.3 is 0 Å². The zero-order chi connectivity index (χ0) is 19.6. The largest absolute Gasteiger partial charge is 0.402 e. The van der Waals surface area contributed by atoms with Gasteiger partial charge in [-0.25, -0.2) is 0 Å². The van der Waals surface area contributed by atoms with Crippen LogP contribution in [0.1, 0.15) is 72.1 Å². The Morgan fingerprint density at radius 1 is 1.11 bits per heavy atom. The second kappa shape index (κ2) is 8.72. The van der Waals surface area contributed by atoms with Gasteiger partial charge in [0.05, 0.1) is 12.8 Å². The summed E-state index contributed by atoms with van der Waals surface area (Å²) < 4.78 is 0. The van der Waals surface area contributed by atoms with E-state index < -0.39 is 0 Å². The Bertz CT molecular complexity index is 628. The van der Waals surface area contributed by atoms with Crippen LogP contribution >= 0.6 is 0 Å². The first-order valence-electron chi connectivity index (χ1n) is 10.8. The molecule has 3 rings (SSSR count). The van der Waals surface area contributed by atoms with Crippen molar-refractivity contribution in [3.8, 4) is 0 Å². The van der Waals surface area contributed by atoms with Gasteiger partial charge in [-0.05, 0) is 50.2 Å².